The van der Waals surface area contributed by atoms with Gasteiger partial charge < -0.3 is 5.73 Å². The van der Waals surface area contributed by atoms with E-state index in [1.54, 1.807) is 0 Å². The molecule has 1 heterocycles. The van der Waals surface area contributed by atoms with Gasteiger partial charge in [-0.25, -0.2) is 9.97 Å². The zero-order chi connectivity index (χ0) is 10.0. The third-order valence-corrected chi connectivity index (χ3v) is 3.25. The Kier molecular flexibility index (Phi) is 2.50. The van der Waals surface area contributed by atoms with Gasteiger partial charge in [0.25, 0.3) is 0 Å². The molecule has 76 valence electrons. The first-order valence-electron chi connectivity index (χ1n) is 5.33. The van der Waals surface area contributed by atoms with Crippen molar-refractivity contribution in [1.29, 1.82) is 0 Å². The summed E-state index contributed by atoms with van der Waals surface area (Å²) in [5.74, 6) is 0.964. The summed E-state index contributed by atoms with van der Waals surface area (Å²) in [6, 6.07) is 1.98. The summed E-state index contributed by atoms with van der Waals surface area (Å²) in [7, 11) is 0. The van der Waals surface area contributed by atoms with E-state index in [-0.39, 0.29) is 5.41 Å². The maximum Gasteiger partial charge on any atom is 0.135 e. The van der Waals surface area contributed by atoms with Crippen LogP contribution in [0.3, 0.4) is 0 Å². The molecule has 0 atom stereocenters. The fourth-order valence-electron chi connectivity index (χ4n) is 1.97. The number of hydrogen-bond donors (Lipinski definition) is 1. The van der Waals surface area contributed by atoms with Gasteiger partial charge in [0.15, 0.2) is 0 Å². The SMILES string of the molecule is CCc1ccnc(C2(CN)CCC2)n1. The molecule has 0 saturated heterocycles. The fourth-order valence-corrected chi connectivity index (χ4v) is 1.97. The lowest BCUT2D eigenvalue weighted by molar-refractivity contribution is 0.237. The highest BCUT2D eigenvalue weighted by Gasteiger charge is 2.39. The highest BCUT2D eigenvalue weighted by Crippen LogP contribution is 2.40. The number of hydrogen-bond acceptors (Lipinski definition) is 3. The Morgan fingerprint density at radius 1 is 1.50 bits per heavy atom. The predicted octanol–water partition coefficient (Wildman–Crippen LogP) is 1.42. The second kappa shape index (κ2) is 3.65. The van der Waals surface area contributed by atoms with E-state index in [4.69, 9.17) is 5.73 Å². The van der Waals surface area contributed by atoms with Crippen LogP contribution in [0.1, 0.15) is 37.7 Å². The van der Waals surface area contributed by atoms with Crippen molar-refractivity contribution in [3.8, 4) is 0 Å². The minimum Gasteiger partial charge on any atom is -0.329 e. The number of aryl methyl sites for hydroxylation is 1. The van der Waals surface area contributed by atoms with E-state index >= 15 is 0 Å². The van der Waals surface area contributed by atoms with E-state index in [0.29, 0.717) is 6.54 Å². The van der Waals surface area contributed by atoms with Crippen LogP contribution >= 0.6 is 0 Å². The largest absolute Gasteiger partial charge is 0.329 e. The molecule has 0 amide bonds. The Bertz CT molecular complexity index is 313. The molecule has 0 aromatic carbocycles. The third-order valence-electron chi connectivity index (χ3n) is 3.25. The Labute approximate surface area is 84.8 Å². The molecule has 1 aliphatic rings. The summed E-state index contributed by atoms with van der Waals surface area (Å²) in [4.78, 5) is 8.93. The summed E-state index contributed by atoms with van der Waals surface area (Å²) in [6.45, 7) is 2.79. The molecular weight excluding hydrogens is 174 g/mol. The normalized spacial score (nSPS) is 19.0. The molecule has 2 N–H and O–H groups in total. The van der Waals surface area contributed by atoms with Gasteiger partial charge in [-0.15, -0.1) is 0 Å². The van der Waals surface area contributed by atoms with Gasteiger partial charge in [-0.1, -0.05) is 13.3 Å². The van der Waals surface area contributed by atoms with Crippen LogP contribution in [0.4, 0.5) is 0 Å². The Morgan fingerprint density at radius 3 is 2.79 bits per heavy atom. The molecule has 1 aliphatic carbocycles. The standard InChI is InChI=1S/C11H17N3/c1-2-9-4-7-13-10(14-9)11(8-12)5-3-6-11/h4,7H,2-3,5-6,8,12H2,1H3. The van der Waals surface area contributed by atoms with E-state index in [9.17, 15) is 0 Å². The predicted molar refractivity (Wildman–Crippen MR) is 56.0 cm³/mol. The van der Waals surface area contributed by atoms with Crippen LogP contribution in [0, 0.1) is 0 Å². The van der Waals surface area contributed by atoms with E-state index in [1.165, 1.54) is 6.42 Å². The molecule has 1 saturated carbocycles. The van der Waals surface area contributed by atoms with Crippen molar-refractivity contribution < 1.29 is 0 Å². The van der Waals surface area contributed by atoms with Gasteiger partial charge in [0.2, 0.25) is 0 Å². The quantitative estimate of drug-likeness (QED) is 0.786. The molecule has 0 unspecified atom stereocenters. The lowest BCUT2D eigenvalue weighted by atomic mass is 9.68. The minimum absolute atomic E-state index is 0.102. The van der Waals surface area contributed by atoms with Crippen LogP contribution < -0.4 is 5.73 Å². The van der Waals surface area contributed by atoms with Crippen LogP contribution in [0.5, 0.6) is 0 Å². The van der Waals surface area contributed by atoms with Gasteiger partial charge in [-0.05, 0) is 25.3 Å². The third kappa shape index (κ3) is 1.42. The summed E-state index contributed by atoms with van der Waals surface area (Å²) >= 11 is 0. The van der Waals surface area contributed by atoms with Crippen LogP contribution in [0.25, 0.3) is 0 Å². The van der Waals surface area contributed by atoms with Crippen molar-refractivity contribution in [2.24, 2.45) is 5.73 Å². The lowest BCUT2D eigenvalue weighted by Crippen LogP contribution is -2.43. The molecule has 14 heavy (non-hydrogen) atoms. The van der Waals surface area contributed by atoms with Gasteiger partial charge >= 0.3 is 0 Å². The number of nitrogens with two attached hydrogens (primary N) is 1. The van der Waals surface area contributed by atoms with Crippen molar-refractivity contribution in [2.45, 2.75) is 38.0 Å². The summed E-state index contributed by atoms with van der Waals surface area (Å²) in [5.41, 5.74) is 7.03. The average molecular weight is 191 g/mol. The Hall–Kier alpha value is -0.960. The number of rotatable bonds is 3. The van der Waals surface area contributed by atoms with Crippen molar-refractivity contribution >= 4 is 0 Å². The minimum atomic E-state index is 0.102. The Balaban J connectivity index is 2.30. The number of nitrogens with zero attached hydrogens (tertiary/aromatic N) is 2. The first kappa shape index (κ1) is 9.59. The topological polar surface area (TPSA) is 51.8 Å². The average Bonchev–Trinajstić information content (AvgIpc) is 2.18. The molecule has 3 nitrogen and oxygen atoms in total. The van der Waals surface area contributed by atoms with Gasteiger partial charge in [-0.3, -0.25) is 0 Å². The van der Waals surface area contributed by atoms with Crippen molar-refractivity contribution in [2.75, 3.05) is 6.54 Å². The highest BCUT2D eigenvalue weighted by atomic mass is 14.9. The molecule has 2 rings (SSSR count). The van der Waals surface area contributed by atoms with Gasteiger partial charge in [-0.2, -0.15) is 0 Å². The number of aromatic nitrogens is 2. The van der Waals surface area contributed by atoms with E-state index in [2.05, 4.69) is 16.9 Å². The highest BCUT2D eigenvalue weighted by molar-refractivity contribution is 5.16. The van der Waals surface area contributed by atoms with E-state index < -0.39 is 0 Å². The first-order chi connectivity index (χ1) is 6.80. The summed E-state index contributed by atoms with van der Waals surface area (Å²) in [5, 5.41) is 0. The summed E-state index contributed by atoms with van der Waals surface area (Å²) < 4.78 is 0. The van der Waals surface area contributed by atoms with Gasteiger partial charge in [0, 0.05) is 23.9 Å². The smallest absolute Gasteiger partial charge is 0.135 e. The van der Waals surface area contributed by atoms with Crippen molar-refractivity contribution in [3.05, 3.63) is 23.8 Å². The monoisotopic (exact) mass is 191 g/mol. The molecule has 3 heteroatoms. The summed E-state index contributed by atoms with van der Waals surface area (Å²) in [6.07, 6.45) is 6.39. The molecular formula is C11H17N3. The van der Waals surface area contributed by atoms with Gasteiger partial charge in [0.05, 0.1) is 0 Å². The van der Waals surface area contributed by atoms with Crippen molar-refractivity contribution in [3.63, 3.8) is 0 Å². The van der Waals surface area contributed by atoms with E-state index in [0.717, 1.165) is 30.8 Å². The van der Waals surface area contributed by atoms with E-state index in [1.807, 2.05) is 12.3 Å². The Morgan fingerprint density at radius 2 is 2.29 bits per heavy atom. The van der Waals surface area contributed by atoms with Crippen molar-refractivity contribution in [1.82, 2.24) is 9.97 Å². The van der Waals surface area contributed by atoms with Gasteiger partial charge in [0.1, 0.15) is 5.82 Å². The zero-order valence-corrected chi connectivity index (χ0v) is 8.66. The van der Waals surface area contributed by atoms with Crippen LogP contribution in [0.2, 0.25) is 0 Å². The van der Waals surface area contributed by atoms with Crippen LogP contribution in [-0.4, -0.2) is 16.5 Å². The second-order valence-corrected chi connectivity index (χ2v) is 4.06. The molecule has 0 aliphatic heterocycles. The van der Waals surface area contributed by atoms with Crippen LogP contribution in [0.15, 0.2) is 12.3 Å². The molecule has 1 aromatic heterocycles. The molecule has 1 aromatic rings. The lowest BCUT2D eigenvalue weighted by Gasteiger charge is -2.39. The molecule has 1 fully saturated rings. The maximum atomic E-state index is 5.81. The second-order valence-electron chi connectivity index (χ2n) is 4.06. The van der Waals surface area contributed by atoms with Crippen LogP contribution in [-0.2, 0) is 11.8 Å². The molecule has 0 radical (unpaired) electrons. The molecule has 0 bridgehead atoms. The zero-order valence-electron chi connectivity index (χ0n) is 8.66. The molecule has 0 spiro atoms. The first-order valence-corrected chi connectivity index (χ1v) is 5.33. The maximum absolute atomic E-state index is 5.81. The fraction of sp³-hybridized carbons (Fsp3) is 0.636.